The number of carbonyl (C=O) groups excluding carboxylic acids is 1. The molecule has 2 aromatic carbocycles. The highest BCUT2D eigenvalue weighted by molar-refractivity contribution is 7.89. The maximum Gasteiger partial charge on any atom is 0.255 e. The molecule has 1 fully saturated rings. The lowest BCUT2D eigenvalue weighted by Gasteiger charge is -2.32. The number of nitrogens with one attached hydrogen (secondary N) is 1. The van der Waals surface area contributed by atoms with E-state index in [2.05, 4.69) is 12.2 Å². The van der Waals surface area contributed by atoms with Crippen LogP contribution >= 0.6 is 0 Å². The second kappa shape index (κ2) is 8.23. The standard InChI is InChI=1S/C21H26N2O3S/c1-3-17-7-11-19(12-8-17)22-21(24)18-9-13-20(14-10-18)27(25,26)23-15-5-4-6-16(23)2/h7-14,16H,3-6,15H2,1-2H3,(H,22,24). The monoisotopic (exact) mass is 386 g/mol. The lowest BCUT2D eigenvalue weighted by Crippen LogP contribution is -2.41. The van der Waals surface area contributed by atoms with E-state index in [9.17, 15) is 13.2 Å². The van der Waals surface area contributed by atoms with E-state index in [0.29, 0.717) is 12.1 Å². The molecule has 6 heteroatoms. The Bertz CT molecular complexity index is 890. The minimum absolute atomic E-state index is 0.0119. The van der Waals surface area contributed by atoms with Gasteiger partial charge < -0.3 is 5.32 Å². The lowest BCUT2D eigenvalue weighted by atomic mass is 10.1. The Morgan fingerprint density at radius 2 is 1.74 bits per heavy atom. The molecule has 1 saturated heterocycles. The highest BCUT2D eigenvalue weighted by Crippen LogP contribution is 2.25. The van der Waals surface area contributed by atoms with Crippen molar-refractivity contribution in [3.63, 3.8) is 0 Å². The highest BCUT2D eigenvalue weighted by atomic mass is 32.2. The van der Waals surface area contributed by atoms with E-state index in [4.69, 9.17) is 0 Å². The molecule has 0 spiro atoms. The predicted molar refractivity (Wildman–Crippen MR) is 107 cm³/mol. The molecule has 0 bridgehead atoms. The molecule has 1 heterocycles. The van der Waals surface area contributed by atoms with Crippen LogP contribution in [0.3, 0.4) is 0 Å². The van der Waals surface area contributed by atoms with E-state index in [0.717, 1.165) is 31.4 Å². The molecule has 0 aliphatic carbocycles. The van der Waals surface area contributed by atoms with Gasteiger partial charge in [-0.2, -0.15) is 4.31 Å². The molecule has 1 N–H and O–H groups in total. The number of benzene rings is 2. The van der Waals surface area contributed by atoms with Crippen molar-refractivity contribution >= 4 is 21.6 Å². The third-order valence-electron chi connectivity index (χ3n) is 5.09. The summed E-state index contributed by atoms with van der Waals surface area (Å²) in [7, 11) is -3.52. The van der Waals surface area contributed by atoms with E-state index in [1.807, 2.05) is 31.2 Å². The van der Waals surface area contributed by atoms with E-state index in [1.54, 1.807) is 16.4 Å². The zero-order chi connectivity index (χ0) is 19.4. The van der Waals surface area contributed by atoms with Gasteiger partial charge >= 0.3 is 0 Å². The summed E-state index contributed by atoms with van der Waals surface area (Å²) in [5, 5.41) is 2.84. The van der Waals surface area contributed by atoms with Crippen LogP contribution in [0.2, 0.25) is 0 Å². The van der Waals surface area contributed by atoms with Crippen molar-refractivity contribution in [3.05, 3.63) is 59.7 Å². The van der Waals surface area contributed by atoms with Crippen molar-refractivity contribution in [2.75, 3.05) is 11.9 Å². The van der Waals surface area contributed by atoms with Crippen LogP contribution < -0.4 is 5.32 Å². The third-order valence-corrected chi connectivity index (χ3v) is 7.11. The molecule has 144 valence electrons. The van der Waals surface area contributed by atoms with Crippen LogP contribution in [-0.2, 0) is 16.4 Å². The fraction of sp³-hybridized carbons (Fsp3) is 0.381. The smallest absolute Gasteiger partial charge is 0.255 e. The van der Waals surface area contributed by atoms with Crippen LogP contribution in [0.4, 0.5) is 5.69 Å². The van der Waals surface area contributed by atoms with E-state index in [-0.39, 0.29) is 16.8 Å². The Morgan fingerprint density at radius 1 is 1.07 bits per heavy atom. The number of rotatable bonds is 5. The number of sulfonamides is 1. The number of nitrogens with zero attached hydrogens (tertiary/aromatic N) is 1. The molecule has 1 aliphatic heterocycles. The van der Waals surface area contributed by atoms with Gasteiger partial charge in [-0.3, -0.25) is 4.79 Å². The zero-order valence-corrected chi connectivity index (χ0v) is 16.6. The quantitative estimate of drug-likeness (QED) is 0.842. The molecule has 27 heavy (non-hydrogen) atoms. The van der Waals surface area contributed by atoms with Crippen molar-refractivity contribution < 1.29 is 13.2 Å². The second-order valence-electron chi connectivity index (χ2n) is 6.99. The number of aryl methyl sites for hydroxylation is 1. The topological polar surface area (TPSA) is 66.5 Å². The minimum atomic E-state index is -3.52. The van der Waals surface area contributed by atoms with Crippen LogP contribution in [0.5, 0.6) is 0 Å². The summed E-state index contributed by atoms with van der Waals surface area (Å²) < 4.78 is 27.3. The molecule has 1 aliphatic rings. The molecule has 5 nitrogen and oxygen atoms in total. The fourth-order valence-electron chi connectivity index (χ4n) is 3.37. The van der Waals surface area contributed by atoms with Gasteiger partial charge in [-0.1, -0.05) is 25.5 Å². The van der Waals surface area contributed by atoms with Crippen LogP contribution in [0.15, 0.2) is 53.4 Å². The first-order valence-electron chi connectivity index (χ1n) is 9.44. The molecule has 1 unspecified atom stereocenters. The molecular formula is C21H26N2O3S. The molecule has 0 saturated carbocycles. The summed E-state index contributed by atoms with van der Waals surface area (Å²) in [6.45, 7) is 4.58. The summed E-state index contributed by atoms with van der Waals surface area (Å²) >= 11 is 0. The van der Waals surface area contributed by atoms with Crippen molar-refractivity contribution in [1.82, 2.24) is 4.31 Å². The van der Waals surface area contributed by atoms with E-state index < -0.39 is 10.0 Å². The third kappa shape index (κ3) is 4.39. The van der Waals surface area contributed by atoms with Crippen molar-refractivity contribution in [3.8, 4) is 0 Å². The molecule has 1 atom stereocenters. The van der Waals surface area contributed by atoms with E-state index >= 15 is 0 Å². The predicted octanol–water partition coefficient (Wildman–Crippen LogP) is 4.06. The molecular weight excluding hydrogens is 360 g/mol. The zero-order valence-electron chi connectivity index (χ0n) is 15.8. The molecule has 0 radical (unpaired) electrons. The Balaban J connectivity index is 1.73. The summed E-state index contributed by atoms with van der Waals surface area (Å²) in [6.07, 6.45) is 3.78. The first-order chi connectivity index (χ1) is 12.9. The van der Waals surface area contributed by atoms with Gasteiger partial charge in [0.15, 0.2) is 0 Å². The van der Waals surface area contributed by atoms with Gasteiger partial charge in [0.2, 0.25) is 10.0 Å². The first kappa shape index (κ1) is 19.6. The van der Waals surface area contributed by atoms with Gasteiger partial charge in [0.05, 0.1) is 4.90 Å². The summed E-state index contributed by atoms with van der Waals surface area (Å²) in [6, 6.07) is 13.9. The number of hydrogen-bond acceptors (Lipinski definition) is 3. The fourth-order valence-corrected chi connectivity index (χ4v) is 5.07. The van der Waals surface area contributed by atoms with Crippen molar-refractivity contribution in [1.29, 1.82) is 0 Å². The van der Waals surface area contributed by atoms with Crippen LogP contribution in [0.25, 0.3) is 0 Å². The average Bonchev–Trinajstić information content (AvgIpc) is 2.69. The van der Waals surface area contributed by atoms with Gasteiger partial charge in [-0.05, 0) is 68.1 Å². The van der Waals surface area contributed by atoms with Crippen LogP contribution in [0.1, 0.15) is 49.0 Å². The van der Waals surface area contributed by atoms with Gasteiger partial charge in [-0.25, -0.2) is 8.42 Å². The Kier molecular flexibility index (Phi) is 5.97. The summed E-state index contributed by atoms with van der Waals surface area (Å²) in [4.78, 5) is 12.6. The van der Waals surface area contributed by atoms with Gasteiger partial charge in [0, 0.05) is 23.8 Å². The number of anilines is 1. The van der Waals surface area contributed by atoms with Gasteiger partial charge in [0.1, 0.15) is 0 Å². The van der Waals surface area contributed by atoms with Crippen molar-refractivity contribution in [2.24, 2.45) is 0 Å². The number of hydrogen-bond donors (Lipinski definition) is 1. The van der Waals surface area contributed by atoms with Gasteiger partial charge in [-0.15, -0.1) is 0 Å². The molecule has 0 aromatic heterocycles. The van der Waals surface area contributed by atoms with Crippen molar-refractivity contribution in [2.45, 2.75) is 50.5 Å². The van der Waals surface area contributed by atoms with Crippen LogP contribution in [0, 0.1) is 0 Å². The Hall–Kier alpha value is -2.18. The van der Waals surface area contributed by atoms with Gasteiger partial charge in [0.25, 0.3) is 5.91 Å². The number of amides is 1. The summed E-state index contributed by atoms with van der Waals surface area (Å²) in [5.74, 6) is -0.255. The highest BCUT2D eigenvalue weighted by Gasteiger charge is 2.30. The maximum absolute atomic E-state index is 12.9. The molecule has 3 rings (SSSR count). The maximum atomic E-state index is 12.9. The van der Waals surface area contributed by atoms with E-state index in [1.165, 1.54) is 17.7 Å². The summed E-state index contributed by atoms with van der Waals surface area (Å²) in [5.41, 5.74) is 2.35. The first-order valence-corrected chi connectivity index (χ1v) is 10.9. The normalized spacial score (nSPS) is 18.2. The Morgan fingerprint density at radius 3 is 2.33 bits per heavy atom. The Labute approximate surface area is 161 Å². The SMILES string of the molecule is CCc1ccc(NC(=O)c2ccc(S(=O)(=O)N3CCCCC3C)cc2)cc1. The second-order valence-corrected chi connectivity index (χ2v) is 8.88. The number of carbonyl (C=O) groups is 1. The van der Waals surface area contributed by atoms with Crippen LogP contribution in [-0.4, -0.2) is 31.2 Å². The minimum Gasteiger partial charge on any atom is -0.322 e. The average molecular weight is 387 g/mol. The number of piperidine rings is 1. The lowest BCUT2D eigenvalue weighted by molar-refractivity contribution is 0.102. The molecule has 1 amide bonds. The molecule has 2 aromatic rings. The largest absolute Gasteiger partial charge is 0.322 e.